The number of carbonyl (C=O) groups is 1. The number of pyridine rings is 1. The van der Waals surface area contributed by atoms with Crippen molar-refractivity contribution in [2.45, 2.75) is 38.7 Å². The Bertz CT molecular complexity index is 462. The van der Waals surface area contributed by atoms with Crippen molar-refractivity contribution in [1.29, 1.82) is 0 Å². The third-order valence-corrected chi connectivity index (χ3v) is 3.53. The number of carboxylic acids is 1. The molecule has 5 heteroatoms. The largest absolute Gasteiger partial charge is 0.478 e. The Morgan fingerprint density at radius 2 is 2.26 bits per heavy atom. The Kier molecular flexibility index (Phi) is 4.37. The van der Waals surface area contributed by atoms with Gasteiger partial charge >= 0.3 is 5.97 Å². The Morgan fingerprint density at radius 1 is 1.47 bits per heavy atom. The number of hydrogen-bond donors (Lipinski definition) is 3. The molecule has 5 nitrogen and oxygen atoms in total. The summed E-state index contributed by atoms with van der Waals surface area (Å²) in [6.07, 6.45) is 3.66. The van der Waals surface area contributed by atoms with Crippen LogP contribution >= 0.6 is 0 Å². The van der Waals surface area contributed by atoms with Gasteiger partial charge in [0.25, 0.3) is 0 Å². The maximum absolute atomic E-state index is 11.0. The number of hydrogen-bond acceptors (Lipinski definition) is 4. The first-order chi connectivity index (χ1) is 9.04. The van der Waals surface area contributed by atoms with Crippen molar-refractivity contribution in [3.8, 4) is 0 Å². The van der Waals surface area contributed by atoms with E-state index in [4.69, 9.17) is 5.11 Å². The summed E-state index contributed by atoms with van der Waals surface area (Å²) in [6.45, 7) is 2.51. The Balaban J connectivity index is 1.97. The lowest BCUT2D eigenvalue weighted by molar-refractivity contribution is 0.0696. The van der Waals surface area contributed by atoms with E-state index < -0.39 is 5.97 Å². The fraction of sp³-hybridized carbons (Fsp3) is 0.571. The minimum Gasteiger partial charge on any atom is -0.478 e. The zero-order valence-electron chi connectivity index (χ0n) is 11.1. The summed E-state index contributed by atoms with van der Waals surface area (Å²) >= 11 is 0. The van der Waals surface area contributed by atoms with E-state index in [2.05, 4.69) is 10.3 Å². The monoisotopic (exact) mass is 264 g/mol. The van der Waals surface area contributed by atoms with Crippen LogP contribution in [0.25, 0.3) is 0 Å². The summed E-state index contributed by atoms with van der Waals surface area (Å²) in [4.78, 5) is 15.2. The maximum Gasteiger partial charge on any atom is 0.335 e. The van der Waals surface area contributed by atoms with Crippen LogP contribution in [-0.4, -0.2) is 33.8 Å². The number of nitrogens with one attached hydrogen (secondary N) is 1. The molecule has 1 aliphatic carbocycles. The second kappa shape index (κ2) is 6.02. The van der Waals surface area contributed by atoms with E-state index in [1.54, 1.807) is 19.1 Å². The molecule has 1 heterocycles. The zero-order chi connectivity index (χ0) is 13.8. The highest BCUT2D eigenvalue weighted by Gasteiger charge is 2.20. The van der Waals surface area contributed by atoms with Crippen LogP contribution in [0.3, 0.4) is 0 Å². The SMILES string of the molecule is Cc1cc(C(=O)O)cc(NCC2CCCC(O)C2)n1. The average Bonchev–Trinajstić information content (AvgIpc) is 2.36. The van der Waals surface area contributed by atoms with Gasteiger partial charge < -0.3 is 15.5 Å². The van der Waals surface area contributed by atoms with Gasteiger partial charge in [-0.15, -0.1) is 0 Å². The molecule has 19 heavy (non-hydrogen) atoms. The highest BCUT2D eigenvalue weighted by atomic mass is 16.4. The molecule has 0 aromatic carbocycles. The number of rotatable bonds is 4. The molecule has 104 valence electrons. The molecule has 0 aliphatic heterocycles. The highest BCUT2D eigenvalue weighted by Crippen LogP contribution is 2.24. The summed E-state index contributed by atoms with van der Waals surface area (Å²) < 4.78 is 0. The number of aromatic carboxylic acids is 1. The molecule has 2 atom stereocenters. The number of anilines is 1. The molecule has 2 unspecified atom stereocenters. The van der Waals surface area contributed by atoms with Gasteiger partial charge in [0.05, 0.1) is 11.7 Å². The molecular formula is C14H20N2O3. The maximum atomic E-state index is 11.0. The predicted molar refractivity (Wildman–Crippen MR) is 72.4 cm³/mol. The van der Waals surface area contributed by atoms with Gasteiger partial charge in [0, 0.05) is 12.2 Å². The molecule has 1 fully saturated rings. The summed E-state index contributed by atoms with van der Waals surface area (Å²) in [5, 5.41) is 21.8. The summed E-state index contributed by atoms with van der Waals surface area (Å²) in [7, 11) is 0. The molecule has 1 aliphatic rings. The lowest BCUT2D eigenvalue weighted by Gasteiger charge is -2.26. The molecule has 0 amide bonds. The van der Waals surface area contributed by atoms with Gasteiger partial charge in [-0.1, -0.05) is 6.42 Å². The van der Waals surface area contributed by atoms with Crippen LogP contribution in [0.2, 0.25) is 0 Å². The van der Waals surface area contributed by atoms with E-state index >= 15 is 0 Å². The van der Waals surface area contributed by atoms with Crippen molar-refractivity contribution in [2.75, 3.05) is 11.9 Å². The van der Waals surface area contributed by atoms with Crippen molar-refractivity contribution in [3.63, 3.8) is 0 Å². The lowest BCUT2D eigenvalue weighted by Crippen LogP contribution is -2.25. The number of aliphatic hydroxyl groups excluding tert-OH is 1. The van der Waals surface area contributed by atoms with Crippen LogP contribution in [0.4, 0.5) is 5.82 Å². The number of aromatic nitrogens is 1. The Hall–Kier alpha value is -1.62. The van der Waals surface area contributed by atoms with Crippen molar-refractivity contribution in [3.05, 3.63) is 23.4 Å². The normalized spacial score (nSPS) is 23.1. The van der Waals surface area contributed by atoms with E-state index in [1.807, 2.05) is 0 Å². The van der Waals surface area contributed by atoms with Crippen LogP contribution in [-0.2, 0) is 0 Å². The van der Waals surface area contributed by atoms with Gasteiger partial charge in [0.2, 0.25) is 0 Å². The molecule has 2 rings (SSSR count). The van der Waals surface area contributed by atoms with Gasteiger partial charge in [-0.05, 0) is 44.2 Å². The highest BCUT2D eigenvalue weighted by molar-refractivity contribution is 5.88. The van der Waals surface area contributed by atoms with E-state index in [9.17, 15) is 9.90 Å². The molecule has 3 N–H and O–H groups in total. The topological polar surface area (TPSA) is 82.5 Å². The number of aryl methyl sites for hydroxylation is 1. The third-order valence-electron chi connectivity index (χ3n) is 3.53. The van der Waals surface area contributed by atoms with Crippen LogP contribution in [0.1, 0.15) is 41.7 Å². The van der Waals surface area contributed by atoms with Crippen molar-refractivity contribution >= 4 is 11.8 Å². The summed E-state index contributed by atoms with van der Waals surface area (Å²) in [5.41, 5.74) is 0.935. The van der Waals surface area contributed by atoms with E-state index in [1.165, 1.54) is 0 Å². The smallest absolute Gasteiger partial charge is 0.335 e. The first kappa shape index (κ1) is 13.8. The van der Waals surface area contributed by atoms with Gasteiger partial charge in [0.1, 0.15) is 5.82 Å². The molecule has 0 radical (unpaired) electrons. The molecule has 1 aromatic rings. The van der Waals surface area contributed by atoms with E-state index in [0.717, 1.165) is 32.2 Å². The predicted octanol–water partition coefficient (Wildman–Crippen LogP) is 2.05. The van der Waals surface area contributed by atoms with Crippen molar-refractivity contribution in [2.24, 2.45) is 5.92 Å². The molecule has 1 saturated carbocycles. The van der Waals surface area contributed by atoms with Crippen LogP contribution in [0, 0.1) is 12.8 Å². The minimum absolute atomic E-state index is 0.194. The summed E-state index contributed by atoms with van der Waals surface area (Å²) in [6, 6.07) is 3.10. The fourth-order valence-electron chi connectivity index (χ4n) is 2.58. The van der Waals surface area contributed by atoms with Crippen molar-refractivity contribution < 1.29 is 15.0 Å². The standard InChI is InChI=1S/C14H20N2O3/c1-9-5-11(14(18)19)7-13(16-9)15-8-10-3-2-4-12(17)6-10/h5,7,10,12,17H,2-4,6,8H2,1H3,(H,15,16)(H,18,19). The number of nitrogens with zero attached hydrogens (tertiary/aromatic N) is 1. The zero-order valence-corrected chi connectivity index (χ0v) is 11.1. The second-order valence-electron chi connectivity index (χ2n) is 5.25. The second-order valence-corrected chi connectivity index (χ2v) is 5.25. The molecule has 0 spiro atoms. The number of carboxylic acid groups (broad SMARTS) is 1. The quantitative estimate of drug-likeness (QED) is 0.775. The van der Waals surface area contributed by atoms with Crippen LogP contribution < -0.4 is 5.32 Å². The lowest BCUT2D eigenvalue weighted by atomic mass is 9.87. The minimum atomic E-state index is -0.943. The van der Waals surface area contributed by atoms with Gasteiger partial charge in [-0.3, -0.25) is 0 Å². The third kappa shape index (κ3) is 3.92. The number of aliphatic hydroxyl groups is 1. The van der Waals surface area contributed by atoms with Crippen molar-refractivity contribution in [1.82, 2.24) is 4.98 Å². The Labute approximate surface area is 112 Å². The van der Waals surface area contributed by atoms with Gasteiger partial charge in [0.15, 0.2) is 0 Å². The molecule has 0 bridgehead atoms. The Morgan fingerprint density at radius 3 is 2.95 bits per heavy atom. The van der Waals surface area contributed by atoms with E-state index in [0.29, 0.717) is 17.4 Å². The fourth-order valence-corrected chi connectivity index (χ4v) is 2.58. The molecular weight excluding hydrogens is 244 g/mol. The van der Waals surface area contributed by atoms with Gasteiger partial charge in [-0.25, -0.2) is 9.78 Å². The first-order valence-corrected chi connectivity index (χ1v) is 6.68. The molecule has 0 saturated heterocycles. The van der Waals surface area contributed by atoms with Crippen LogP contribution in [0.5, 0.6) is 0 Å². The van der Waals surface area contributed by atoms with Gasteiger partial charge in [-0.2, -0.15) is 0 Å². The molecule has 1 aromatic heterocycles. The first-order valence-electron chi connectivity index (χ1n) is 6.68. The average molecular weight is 264 g/mol. The summed E-state index contributed by atoms with van der Waals surface area (Å²) in [5.74, 6) is 0.0819. The van der Waals surface area contributed by atoms with E-state index in [-0.39, 0.29) is 11.7 Å². The van der Waals surface area contributed by atoms with Crippen LogP contribution in [0.15, 0.2) is 12.1 Å².